The van der Waals surface area contributed by atoms with Gasteiger partial charge in [-0.1, -0.05) is 20.8 Å². The minimum atomic E-state index is 0.0929. The van der Waals surface area contributed by atoms with E-state index in [-0.39, 0.29) is 6.29 Å². The molecule has 1 saturated heterocycles. The van der Waals surface area contributed by atoms with E-state index in [4.69, 9.17) is 9.47 Å². The molecule has 3 atom stereocenters. The SMILES string of the molecule is CC1(C)C(CC2OCCO2)CC2CC21C. The first-order valence-electron chi connectivity index (χ1n) is 6.27. The summed E-state index contributed by atoms with van der Waals surface area (Å²) in [5, 5.41) is 0. The van der Waals surface area contributed by atoms with Gasteiger partial charge >= 0.3 is 0 Å². The van der Waals surface area contributed by atoms with E-state index in [2.05, 4.69) is 20.8 Å². The molecule has 15 heavy (non-hydrogen) atoms. The fourth-order valence-corrected chi connectivity index (χ4v) is 3.86. The van der Waals surface area contributed by atoms with E-state index in [1.54, 1.807) is 0 Å². The highest BCUT2D eigenvalue weighted by molar-refractivity contribution is 5.15. The summed E-state index contributed by atoms with van der Waals surface area (Å²) in [5.74, 6) is 1.78. The molecule has 2 aliphatic carbocycles. The summed E-state index contributed by atoms with van der Waals surface area (Å²) in [5.41, 5.74) is 1.10. The summed E-state index contributed by atoms with van der Waals surface area (Å²) in [6.07, 6.45) is 4.05. The van der Waals surface area contributed by atoms with Crippen molar-refractivity contribution in [1.82, 2.24) is 0 Å². The van der Waals surface area contributed by atoms with Crippen molar-refractivity contribution in [3.63, 3.8) is 0 Å². The van der Waals surface area contributed by atoms with Crippen LogP contribution in [0.25, 0.3) is 0 Å². The smallest absolute Gasteiger partial charge is 0.158 e. The maximum absolute atomic E-state index is 5.57. The van der Waals surface area contributed by atoms with Gasteiger partial charge in [0.05, 0.1) is 13.2 Å². The first-order valence-corrected chi connectivity index (χ1v) is 6.27. The van der Waals surface area contributed by atoms with Crippen molar-refractivity contribution in [2.45, 2.75) is 46.3 Å². The van der Waals surface area contributed by atoms with E-state index in [1.807, 2.05) is 0 Å². The standard InChI is InChI=1S/C13H22O2/c1-12(2)9(6-10-8-13(10,12)3)7-11-14-4-5-15-11/h9-11H,4-8H2,1-3H3. The van der Waals surface area contributed by atoms with Crippen molar-refractivity contribution in [2.24, 2.45) is 22.7 Å². The highest BCUT2D eigenvalue weighted by atomic mass is 16.7. The van der Waals surface area contributed by atoms with Crippen LogP contribution < -0.4 is 0 Å². The van der Waals surface area contributed by atoms with Crippen LogP contribution in [-0.4, -0.2) is 19.5 Å². The van der Waals surface area contributed by atoms with Crippen molar-refractivity contribution in [3.05, 3.63) is 0 Å². The molecule has 2 heteroatoms. The Hall–Kier alpha value is -0.0800. The van der Waals surface area contributed by atoms with E-state index in [0.717, 1.165) is 31.5 Å². The highest BCUT2D eigenvalue weighted by Crippen LogP contribution is 2.74. The Morgan fingerprint density at radius 3 is 2.33 bits per heavy atom. The molecule has 0 aromatic heterocycles. The second kappa shape index (κ2) is 2.98. The summed E-state index contributed by atoms with van der Waals surface area (Å²) >= 11 is 0. The zero-order chi connectivity index (χ0) is 10.7. The molecule has 2 nitrogen and oxygen atoms in total. The Balaban J connectivity index is 1.68. The van der Waals surface area contributed by atoms with Crippen LogP contribution in [0.1, 0.15) is 40.0 Å². The molecule has 2 saturated carbocycles. The summed E-state index contributed by atoms with van der Waals surface area (Å²) in [6.45, 7) is 8.93. The third-order valence-electron chi connectivity index (χ3n) is 5.64. The molecule has 3 unspecified atom stereocenters. The summed E-state index contributed by atoms with van der Waals surface area (Å²) in [4.78, 5) is 0. The molecule has 86 valence electrons. The second-order valence-corrected chi connectivity index (χ2v) is 6.38. The molecular weight excluding hydrogens is 188 g/mol. The average molecular weight is 210 g/mol. The van der Waals surface area contributed by atoms with Crippen LogP contribution in [0.3, 0.4) is 0 Å². The van der Waals surface area contributed by atoms with Gasteiger partial charge in [0.15, 0.2) is 6.29 Å². The zero-order valence-electron chi connectivity index (χ0n) is 10.1. The lowest BCUT2D eigenvalue weighted by Crippen LogP contribution is -2.30. The van der Waals surface area contributed by atoms with Crippen molar-refractivity contribution < 1.29 is 9.47 Å². The van der Waals surface area contributed by atoms with E-state index in [1.165, 1.54) is 12.8 Å². The molecule has 0 N–H and O–H groups in total. The average Bonchev–Trinajstić information content (AvgIpc) is 2.59. The third kappa shape index (κ3) is 1.31. The predicted octanol–water partition coefficient (Wildman–Crippen LogP) is 2.82. The predicted molar refractivity (Wildman–Crippen MR) is 58.4 cm³/mol. The monoisotopic (exact) mass is 210 g/mol. The summed E-state index contributed by atoms with van der Waals surface area (Å²) in [6, 6.07) is 0. The van der Waals surface area contributed by atoms with Gasteiger partial charge in [-0.3, -0.25) is 0 Å². The van der Waals surface area contributed by atoms with Crippen molar-refractivity contribution in [1.29, 1.82) is 0 Å². The molecule has 1 heterocycles. The topological polar surface area (TPSA) is 18.5 Å². The summed E-state index contributed by atoms with van der Waals surface area (Å²) < 4.78 is 11.1. The van der Waals surface area contributed by atoms with E-state index in [9.17, 15) is 0 Å². The van der Waals surface area contributed by atoms with Crippen LogP contribution in [0.2, 0.25) is 0 Å². The van der Waals surface area contributed by atoms with Crippen molar-refractivity contribution in [2.75, 3.05) is 13.2 Å². The first kappa shape index (κ1) is 10.1. The van der Waals surface area contributed by atoms with Gasteiger partial charge in [-0.05, 0) is 35.5 Å². The maximum Gasteiger partial charge on any atom is 0.158 e. The van der Waals surface area contributed by atoms with Crippen LogP contribution in [0.5, 0.6) is 0 Å². The third-order valence-corrected chi connectivity index (χ3v) is 5.64. The van der Waals surface area contributed by atoms with Crippen LogP contribution in [0.15, 0.2) is 0 Å². The molecule has 0 bridgehead atoms. The number of fused-ring (bicyclic) bond motifs is 1. The fraction of sp³-hybridized carbons (Fsp3) is 1.00. The fourth-order valence-electron chi connectivity index (χ4n) is 3.86. The Labute approximate surface area is 92.3 Å². The molecule has 0 radical (unpaired) electrons. The lowest BCUT2D eigenvalue weighted by atomic mass is 9.70. The highest BCUT2D eigenvalue weighted by Gasteiger charge is 2.67. The lowest BCUT2D eigenvalue weighted by molar-refractivity contribution is -0.0699. The molecule has 3 fully saturated rings. The van der Waals surface area contributed by atoms with E-state index >= 15 is 0 Å². The Morgan fingerprint density at radius 2 is 1.80 bits per heavy atom. The Bertz CT molecular complexity index is 268. The van der Waals surface area contributed by atoms with Crippen LogP contribution in [0, 0.1) is 22.7 Å². The molecule has 3 aliphatic rings. The van der Waals surface area contributed by atoms with Gasteiger partial charge in [0.2, 0.25) is 0 Å². The summed E-state index contributed by atoms with van der Waals surface area (Å²) in [7, 11) is 0. The Morgan fingerprint density at radius 1 is 1.13 bits per heavy atom. The van der Waals surface area contributed by atoms with Crippen LogP contribution in [-0.2, 0) is 9.47 Å². The van der Waals surface area contributed by atoms with Gasteiger partial charge in [0.25, 0.3) is 0 Å². The number of hydrogen-bond donors (Lipinski definition) is 0. The number of hydrogen-bond acceptors (Lipinski definition) is 2. The van der Waals surface area contributed by atoms with Gasteiger partial charge in [-0.15, -0.1) is 0 Å². The molecular formula is C13H22O2. The van der Waals surface area contributed by atoms with Gasteiger partial charge in [0.1, 0.15) is 0 Å². The first-order chi connectivity index (χ1) is 7.04. The second-order valence-electron chi connectivity index (χ2n) is 6.38. The number of rotatable bonds is 2. The number of ether oxygens (including phenoxy) is 2. The van der Waals surface area contributed by atoms with E-state index in [0.29, 0.717) is 10.8 Å². The zero-order valence-corrected chi connectivity index (χ0v) is 10.1. The van der Waals surface area contributed by atoms with Crippen molar-refractivity contribution >= 4 is 0 Å². The Kier molecular flexibility index (Phi) is 2.01. The maximum atomic E-state index is 5.57. The van der Waals surface area contributed by atoms with Gasteiger partial charge < -0.3 is 9.47 Å². The van der Waals surface area contributed by atoms with Gasteiger partial charge in [0, 0.05) is 6.42 Å². The molecule has 1 aliphatic heterocycles. The minimum absolute atomic E-state index is 0.0929. The largest absolute Gasteiger partial charge is 0.350 e. The normalized spacial score (nSPS) is 48.2. The molecule has 0 spiro atoms. The molecule has 0 aromatic rings. The van der Waals surface area contributed by atoms with Crippen molar-refractivity contribution in [3.8, 4) is 0 Å². The quantitative estimate of drug-likeness (QED) is 0.697. The van der Waals surface area contributed by atoms with Gasteiger partial charge in [-0.2, -0.15) is 0 Å². The molecule has 0 amide bonds. The molecule has 0 aromatic carbocycles. The van der Waals surface area contributed by atoms with Crippen LogP contribution in [0.4, 0.5) is 0 Å². The molecule has 3 rings (SSSR count). The van der Waals surface area contributed by atoms with Gasteiger partial charge in [-0.25, -0.2) is 0 Å². The van der Waals surface area contributed by atoms with Crippen LogP contribution >= 0.6 is 0 Å². The van der Waals surface area contributed by atoms with E-state index < -0.39 is 0 Å². The minimum Gasteiger partial charge on any atom is -0.350 e. The lowest BCUT2D eigenvalue weighted by Gasteiger charge is -2.36.